The van der Waals surface area contributed by atoms with Crippen molar-refractivity contribution in [1.29, 1.82) is 0 Å². The molecule has 0 saturated carbocycles. The van der Waals surface area contributed by atoms with Crippen molar-refractivity contribution in [3.8, 4) is 11.3 Å². The molecule has 7 heteroatoms. The fraction of sp³-hybridized carbons (Fsp3) is 0.111. The van der Waals surface area contributed by atoms with Gasteiger partial charge in [-0.05, 0) is 48.5 Å². The summed E-state index contributed by atoms with van der Waals surface area (Å²) in [6, 6.07) is 13.8. The van der Waals surface area contributed by atoms with E-state index < -0.39 is 15.8 Å². The summed E-state index contributed by atoms with van der Waals surface area (Å²) in [5, 5.41) is 0.452. The SMILES string of the molecule is CN(C)c1ccc(-c2cccn2S(=O)(=O)c2ccc(Cl)cc2)cc1F. The second kappa shape index (κ2) is 6.54. The fourth-order valence-electron chi connectivity index (χ4n) is 2.55. The molecule has 0 bridgehead atoms. The lowest BCUT2D eigenvalue weighted by molar-refractivity contribution is 0.588. The molecule has 25 heavy (non-hydrogen) atoms. The van der Waals surface area contributed by atoms with Crippen LogP contribution in [0.3, 0.4) is 0 Å². The number of anilines is 1. The van der Waals surface area contributed by atoms with E-state index in [1.165, 1.54) is 36.5 Å². The van der Waals surface area contributed by atoms with Gasteiger partial charge >= 0.3 is 0 Å². The predicted octanol–water partition coefficient (Wildman–Crippen LogP) is 4.25. The maximum absolute atomic E-state index is 14.3. The molecule has 1 aromatic heterocycles. The molecule has 0 N–H and O–H groups in total. The number of benzene rings is 2. The highest BCUT2D eigenvalue weighted by atomic mass is 35.5. The number of rotatable bonds is 4. The van der Waals surface area contributed by atoms with Gasteiger partial charge in [-0.25, -0.2) is 16.8 Å². The van der Waals surface area contributed by atoms with Gasteiger partial charge in [0.2, 0.25) is 0 Å². The molecule has 0 unspecified atom stereocenters. The summed E-state index contributed by atoms with van der Waals surface area (Å²) >= 11 is 5.82. The highest BCUT2D eigenvalue weighted by Gasteiger charge is 2.20. The van der Waals surface area contributed by atoms with Crippen molar-refractivity contribution in [2.75, 3.05) is 19.0 Å². The monoisotopic (exact) mass is 378 g/mol. The number of halogens is 2. The molecule has 3 aromatic rings. The molecule has 3 rings (SSSR count). The Morgan fingerprint density at radius 3 is 2.32 bits per heavy atom. The van der Waals surface area contributed by atoms with E-state index in [0.29, 0.717) is 22.0 Å². The first-order valence-electron chi connectivity index (χ1n) is 7.46. The number of hydrogen-bond donors (Lipinski definition) is 0. The van der Waals surface area contributed by atoms with Crippen molar-refractivity contribution in [2.45, 2.75) is 4.90 Å². The molecule has 0 radical (unpaired) electrons. The lowest BCUT2D eigenvalue weighted by Crippen LogP contribution is -2.13. The highest BCUT2D eigenvalue weighted by Crippen LogP contribution is 2.29. The van der Waals surface area contributed by atoms with E-state index in [0.717, 1.165) is 3.97 Å². The first-order chi connectivity index (χ1) is 11.8. The quantitative estimate of drug-likeness (QED) is 0.681. The van der Waals surface area contributed by atoms with Crippen LogP contribution < -0.4 is 4.90 Å². The molecular weight excluding hydrogens is 363 g/mol. The lowest BCUT2D eigenvalue weighted by Gasteiger charge is -2.15. The molecule has 4 nitrogen and oxygen atoms in total. The Morgan fingerprint density at radius 1 is 1.04 bits per heavy atom. The lowest BCUT2D eigenvalue weighted by atomic mass is 10.1. The first kappa shape index (κ1) is 17.5. The van der Waals surface area contributed by atoms with Crippen molar-refractivity contribution < 1.29 is 12.8 Å². The molecule has 0 spiro atoms. The number of aromatic nitrogens is 1. The molecule has 0 amide bonds. The van der Waals surface area contributed by atoms with Gasteiger partial charge in [0.05, 0.1) is 16.3 Å². The summed E-state index contributed by atoms with van der Waals surface area (Å²) in [6.45, 7) is 0. The molecular formula is C18H16ClFN2O2S. The van der Waals surface area contributed by atoms with Crippen LogP contribution in [0.2, 0.25) is 5.02 Å². The molecule has 0 saturated heterocycles. The van der Waals surface area contributed by atoms with Gasteiger partial charge in [-0.15, -0.1) is 0 Å². The Kier molecular flexibility index (Phi) is 4.58. The van der Waals surface area contributed by atoms with Gasteiger partial charge in [-0.1, -0.05) is 17.7 Å². The van der Waals surface area contributed by atoms with Gasteiger partial charge < -0.3 is 4.90 Å². The molecule has 0 fully saturated rings. The van der Waals surface area contributed by atoms with Crippen LogP contribution in [-0.2, 0) is 10.0 Å². The van der Waals surface area contributed by atoms with Crippen LogP contribution >= 0.6 is 11.6 Å². The molecule has 2 aromatic carbocycles. The second-order valence-corrected chi connectivity index (χ2v) is 7.96. The topological polar surface area (TPSA) is 42.3 Å². The predicted molar refractivity (Wildman–Crippen MR) is 98.2 cm³/mol. The van der Waals surface area contributed by atoms with Crippen molar-refractivity contribution >= 4 is 27.3 Å². The standard InChI is InChI=1S/C18H16ClFN2O2S/c1-21(2)18-10-5-13(12-16(18)20)17-4-3-11-22(17)25(23,24)15-8-6-14(19)7-9-15/h3-12H,1-2H3. The van der Waals surface area contributed by atoms with Gasteiger partial charge in [0, 0.05) is 30.9 Å². The third-order valence-electron chi connectivity index (χ3n) is 3.81. The van der Waals surface area contributed by atoms with E-state index in [4.69, 9.17) is 11.6 Å². The summed E-state index contributed by atoms with van der Waals surface area (Å²) in [7, 11) is -0.322. The fourth-order valence-corrected chi connectivity index (χ4v) is 4.04. The summed E-state index contributed by atoms with van der Waals surface area (Å²) in [5.74, 6) is -0.417. The zero-order valence-electron chi connectivity index (χ0n) is 13.6. The average Bonchev–Trinajstić information content (AvgIpc) is 3.05. The van der Waals surface area contributed by atoms with Crippen molar-refractivity contribution in [3.63, 3.8) is 0 Å². The number of nitrogens with zero attached hydrogens (tertiary/aromatic N) is 2. The molecule has 0 aliphatic rings. The van der Waals surface area contributed by atoms with E-state index >= 15 is 0 Å². The van der Waals surface area contributed by atoms with Crippen LogP contribution in [-0.4, -0.2) is 26.5 Å². The van der Waals surface area contributed by atoms with E-state index in [2.05, 4.69) is 0 Å². The molecule has 0 aliphatic heterocycles. The van der Waals surface area contributed by atoms with Crippen molar-refractivity contribution in [2.24, 2.45) is 0 Å². The van der Waals surface area contributed by atoms with E-state index in [9.17, 15) is 12.8 Å². The van der Waals surface area contributed by atoms with Crippen LogP contribution in [0.5, 0.6) is 0 Å². The van der Waals surface area contributed by atoms with Gasteiger partial charge in [-0.3, -0.25) is 0 Å². The van der Waals surface area contributed by atoms with Crippen molar-refractivity contribution in [3.05, 3.63) is 71.6 Å². The smallest absolute Gasteiger partial charge is 0.268 e. The van der Waals surface area contributed by atoms with Gasteiger partial charge in [0.1, 0.15) is 5.82 Å². The minimum atomic E-state index is -3.81. The summed E-state index contributed by atoms with van der Waals surface area (Å²) in [6.07, 6.45) is 1.44. The zero-order valence-corrected chi connectivity index (χ0v) is 15.2. The van der Waals surface area contributed by atoms with E-state index in [1.807, 2.05) is 0 Å². The first-order valence-corrected chi connectivity index (χ1v) is 9.28. The molecule has 0 atom stereocenters. The maximum Gasteiger partial charge on any atom is 0.268 e. The van der Waals surface area contributed by atoms with Gasteiger partial charge in [0.25, 0.3) is 10.0 Å². The Labute approximate surface area is 151 Å². The minimum absolute atomic E-state index is 0.111. The Balaban J connectivity index is 2.09. The molecule has 0 aliphatic carbocycles. The summed E-state index contributed by atoms with van der Waals surface area (Å²) in [5.41, 5.74) is 1.30. The Hall–Kier alpha value is -2.31. The summed E-state index contributed by atoms with van der Waals surface area (Å²) < 4.78 is 41.2. The maximum atomic E-state index is 14.3. The van der Waals surface area contributed by atoms with Crippen LogP contribution in [0.15, 0.2) is 65.7 Å². The van der Waals surface area contributed by atoms with Crippen LogP contribution in [0.1, 0.15) is 0 Å². The van der Waals surface area contributed by atoms with Crippen molar-refractivity contribution in [1.82, 2.24) is 3.97 Å². The molecule has 1 heterocycles. The Bertz CT molecular complexity index is 1010. The van der Waals surface area contributed by atoms with E-state index in [1.54, 1.807) is 43.3 Å². The zero-order chi connectivity index (χ0) is 18.2. The summed E-state index contributed by atoms with van der Waals surface area (Å²) in [4.78, 5) is 1.77. The van der Waals surface area contributed by atoms with Gasteiger partial charge in [0.15, 0.2) is 0 Å². The third kappa shape index (κ3) is 3.27. The van der Waals surface area contributed by atoms with Gasteiger partial charge in [-0.2, -0.15) is 0 Å². The minimum Gasteiger partial charge on any atom is -0.375 e. The normalized spacial score (nSPS) is 11.5. The third-order valence-corrected chi connectivity index (χ3v) is 5.76. The highest BCUT2D eigenvalue weighted by molar-refractivity contribution is 7.90. The Morgan fingerprint density at radius 2 is 1.72 bits per heavy atom. The second-order valence-electron chi connectivity index (χ2n) is 5.71. The number of hydrogen-bond acceptors (Lipinski definition) is 3. The molecule has 130 valence electrons. The average molecular weight is 379 g/mol. The van der Waals surface area contributed by atoms with E-state index in [-0.39, 0.29) is 4.90 Å². The van der Waals surface area contributed by atoms with Crippen LogP contribution in [0.4, 0.5) is 10.1 Å². The largest absolute Gasteiger partial charge is 0.375 e. The van der Waals surface area contributed by atoms with Crippen LogP contribution in [0.25, 0.3) is 11.3 Å². The van der Waals surface area contributed by atoms with Crippen LogP contribution in [0, 0.1) is 5.82 Å².